The number of esters is 1. The number of nitrogens with zero attached hydrogens (tertiary/aromatic N) is 2. The van der Waals surface area contributed by atoms with E-state index < -0.39 is 34.9 Å². The number of carbonyl (C=O) groups is 3. The van der Waals surface area contributed by atoms with Crippen molar-refractivity contribution in [1.29, 1.82) is 0 Å². The van der Waals surface area contributed by atoms with Gasteiger partial charge in [0.05, 0.1) is 18.2 Å². The number of rotatable bonds is 9. The van der Waals surface area contributed by atoms with E-state index in [0.717, 1.165) is 22.4 Å². The van der Waals surface area contributed by atoms with Crippen molar-refractivity contribution in [3.05, 3.63) is 112 Å². The largest absolute Gasteiger partial charge is 0.480 e. The second-order valence-corrected chi connectivity index (χ2v) is 10.9. The highest BCUT2D eigenvalue weighted by atomic mass is 19.1. The van der Waals surface area contributed by atoms with E-state index >= 15 is 0 Å². The molecule has 0 unspecified atom stereocenters. The van der Waals surface area contributed by atoms with Crippen molar-refractivity contribution in [2.24, 2.45) is 0 Å². The van der Waals surface area contributed by atoms with Crippen molar-refractivity contribution in [1.82, 2.24) is 9.78 Å². The Hall–Kier alpha value is -5.12. The van der Waals surface area contributed by atoms with Crippen LogP contribution in [0.15, 0.2) is 83.7 Å². The first-order valence-corrected chi connectivity index (χ1v) is 13.5. The molecule has 0 saturated carbocycles. The summed E-state index contributed by atoms with van der Waals surface area (Å²) in [5, 5.41) is 7.15. The summed E-state index contributed by atoms with van der Waals surface area (Å²) in [7, 11) is 1.33. The lowest BCUT2D eigenvalue weighted by Gasteiger charge is -2.21. The van der Waals surface area contributed by atoms with Crippen LogP contribution in [0.1, 0.15) is 60.0 Å². The highest BCUT2D eigenvalue weighted by molar-refractivity contribution is 6.01. The van der Waals surface area contributed by atoms with E-state index in [1.807, 2.05) is 30.3 Å². The van der Waals surface area contributed by atoms with Crippen LogP contribution in [0.2, 0.25) is 0 Å². The van der Waals surface area contributed by atoms with E-state index in [0.29, 0.717) is 11.3 Å². The summed E-state index contributed by atoms with van der Waals surface area (Å²) in [6.07, 6.45) is 0.108. The molecule has 0 saturated heterocycles. The second-order valence-electron chi connectivity index (χ2n) is 10.9. The molecule has 1 aromatic heterocycles. The molecule has 0 aliphatic rings. The van der Waals surface area contributed by atoms with Gasteiger partial charge in [-0.2, -0.15) is 0 Å². The van der Waals surface area contributed by atoms with Gasteiger partial charge >= 0.3 is 5.97 Å². The van der Waals surface area contributed by atoms with Crippen molar-refractivity contribution >= 4 is 23.3 Å². The molecular formula is C33H32FN3O6. The van der Waals surface area contributed by atoms with Crippen molar-refractivity contribution in [3.8, 4) is 17.0 Å². The normalized spacial score (nSPS) is 11.9. The first-order valence-electron chi connectivity index (χ1n) is 13.5. The minimum atomic E-state index is -1.12. The Balaban J connectivity index is 1.72. The maximum absolute atomic E-state index is 14.2. The van der Waals surface area contributed by atoms with Crippen LogP contribution in [0.4, 0.5) is 10.1 Å². The topological polar surface area (TPSA) is 117 Å². The number of carbonyl (C=O) groups excluding carboxylic acids is 3. The van der Waals surface area contributed by atoms with Crippen LogP contribution in [0, 0.1) is 5.82 Å². The van der Waals surface area contributed by atoms with Gasteiger partial charge in [0.2, 0.25) is 11.8 Å². The molecule has 43 heavy (non-hydrogen) atoms. The average Bonchev–Trinajstić information content (AvgIpc) is 2.95. The van der Waals surface area contributed by atoms with E-state index in [4.69, 9.17) is 9.47 Å². The maximum atomic E-state index is 14.2. The van der Waals surface area contributed by atoms with Crippen LogP contribution in [0.3, 0.4) is 0 Å². The molecule has 10 heteroatoms. The summed E-state index contributed by atoms with van der Waals surface area (Å²) in [4.78, 5) is 51.8. The van der Waals surface area contributed by atoms with E-state index in [2.05, 4.69) is 10.4 Å². The van der Waals surface area contributed by atoms with Crippen LogP contribution >= 0.6 is 0 Å². The number of nitrogens with one attached hydrogen (secondary N) is 1. The molecule has 1 heterocycles. The number of ketones is 1. The number of hydrogen-bond donors (Lipinski definition) is 1. The molecular weight excluding hydrogens is 553 g/mol. The van der Waals surface area contributed by atoms with Gasteiger partial charge in [-0.25, -0.2) is 13.9 Å². The third-order valence-corrected chi connectivity index (χ3v) is 6.42. The van der Waals surface area contributed by atoms with Gasteiger partial charge in [-0.1, -0.05) is 30.3 Å². The van der Waals surface area contributed by atoms with Gasteiger partial charge in [0.25, 0.3) is 5.56 Å². The number of hydrogen-bond acceptors (Lipinski definition) is 7. The highest BCUT2D eigenvalue weighted by Gasteiger charge is 2.27. The highest BCUT2D eigenvalue weighted by Crippen LogP contribution is 2.31. The summed E-state index contributed by atoms with van der Waals surface area (Å²) >= 11 is 0. The molecule has 4 aromatic rings. The number of amides is 1. The molecule has 0 aliphatic carbocycles. The summed E-state index contributed by atoms with van der Waals surface area (Å²) < 4.78 is 26.1. The Morgan fingerprint density at radius 1 is 0.953 bits per heavy atom. The number of halogens is 1. The Kier molecular flexibility index (Phi) is 9.18. The third-order valence-electron chi connectivity index (χ3n) is 6.42. The smallest absolute Gasteiger partial charge is 0.338 e. The first kappa shape index (κ1) is 30.8. The summed E-state index contributed by atoms with van der Waals surface area (Å²) in [6.45, 7) is 6.64. The average molecular weight is 586 g/mol. The maximum Gasteiger partial charge on any atom is 0.338 e. The van der Waals surface area contributed by atoms with Gasteiger partial charge < -0.3 is 14.8 Å². The molecule has 1 N–H and O–H groups in total. The van der Waals surface area contributed by atoms with Gasteiger partial charge in [0.15, 0.2) is 5.78 Å². The number of Topliss-reactive ketones (excluding diaryl/α,β-unsaturated/α-hetero) is 1. The fraction of sp³-hybridized carbons (Fsp3) is 0.242. The monoisotopic (exact) mass is 585 g/mol. The molecule has 222 valence electrons. The van der Waals surface area contributed by atoms with Crippen LogP contribution in [0.5, 0.6) is 5.88 Å². The van der Waals surface area contributed by atoms with E-state index in [1.165, 1.54) is 38.3 Å². The second kappa shape index (κ2) is 12.8. The van der Waals surface area contributed by atoms with Crippen molar-refractivity contribution in [2.45, 2.75) is 45.8 Å². The summed E-state index contributed by atoms with van der Waals surface area (Å²) in [6, 6.07) is 18.9. The van der Waals surface area contributed by atoms with Crippen molar-refractivity contribution in [3.63, 3.8) is 0 Å². The SMILES string of the molecule is COc1nn([C@@H](Cc2ccccc2)C(=O)Nc2ccc(C(=O)OC(C)(C)C)cc2)c(=O)cc1-c1cc(F)ccc1C(C)=O. The number of benzene rings is 3. The zero-order chi connectivity index (χ0) is 31.3. The Labute approximate surface area is 248 Å². The Morgan fingerprint density at radius 2 is 1.63 bits per heavy atom. The predicted octanol–water partition coefficient (Wildman–Crippen LogP) is 5.64. The summed E-state index contributed by atoms with van der Waals surface area (Å²) in [5.74, 6) is -2.05. The van der Waals surface area contributed by atoms with Gasteiger partial charge in [0, 0.05) is 29.3 Å². The quantitative estimate of drug-likeness (QED) is 0.200. The van der Waals surface area contributed by atoms with Crippen LogP contribution in [-0.2, 0) is 16.0 Å². The lowest BCUT2D eigenvalue weighted by Crippen LogP contribution is -2.36. The van der Waals surface area contributed by atoms with Gasteiger partial charge in [-0.15, -0.1) is 5.10 Å². The first-order chi connectivity index (χ1) is 20.4. The Bertz CT molecular complexity index is 1710. The van der Waals surface area contributed by atoms with E-state index in [-0.39, 0.29) is 34.8 Å². The Morgan fingerprint density at radius 3 is 2.23 bits per heavy atom. The fourth-order valence-electron chi connectivity index (χ4n) is 4.45. The lowest BCUT2D eigenvalue weighted by atomic mass is 9.98. The minimum absolute atomic E-state index is 0.0692. The molecule has 1 amide bonds. The van der Waals surface area contributed by atoms with Crippen LogP contribution < -0.4 is 15.6 Å². The zero-order valence-electron chi connectivity index (χ0n) is 24.5. The fourth-order valence-corrected chi connectivity index (χ4v) is 4.45. The van der Waals surface area contributed by atoms with Gasteiger partial charge in [-0.3, -0.25) is 14.4 Å². The standard InChI is InChI=1S/C33H32FN3O6/c1-20(38)25-16-13-23(34)18-26(25)27-19-29(39)37(36-31(27)42-5)28(17-21-9-7-6-8-10-21)30(40)35-24-14-11-22(12-15-24)32(41)43-33(2,3)4/h6-16,18-19,28H,17H2,1-5H3,(H,35,40)/t28-/m0/s1. The minimum Gasteiger partial charge on any atom is -0.480 e. The van der Waals surface area contributed by atoms with E-state index in [1.54, 1.807) is 32.9 Å². The molecule has 4 rings (SSSR count). The molecule has 0 spiro atoms. The van der Waals surface area contributed by atoms with Crippen LogP contribution in [0.25, 0.3) is 11.1 Å². The molecule has 0 aliphatic heterocycles. The molecule has 1 atom stereocenters. The van der Waals surface area contributed by atoms with Gasteiger partial charge in [0.1, 0.15) is 17.5 Å². The number of ether oxygens (including phenoxy) is 2. The number of anilines is 1. The molecule has 9 nitrogen and oxygen atoms in total. The summed E-state index contributed by atoms with van der Waals surface area (Å²) in [5.41, 5.74) is 0.599. The predicted molar refractivity (Wildman–Crippen MR) is 160 cm³/mol. The van der Waals surface area contributed by atoms with Crippen molar-refractivity contribution in [2.75, 3.05) is 12.4 Å². The third kappa shape index (κ3) is 7.59. The lowest BCUT2D eigenvalue weighted by molar-refractivity contribution is -0.119. The van der Waals surface area contributed by atoms with Crippen molar-refractivity contribution < 1.29 is 28.2 Å². The zero-order valence-corrected chi connectivity index (χ0v) is 24.5. The molecule has 3 aromatic carbocycles. The number of methoxy groups -OCH3 is 1. The van der Waals surface area contributed by atoms with E-state index in [9.17, 15) is 23.6 Å². The molecule has 0 fully saturated rings. The molecule has 0 radical (unpaired) electrons. The molecule has 0 bridgehead atoms. The van der Waals surface area contributed by atoms with Crippen LogP contribution in [-0.4, -0.2) is 40.2 Å². The number of aromatic nitrogens is 2. The van der Waals surface area contributed by atoms with Gasteiger partial charge in [-0.05, 0) is 75.7 Å².